The molecule has 4 rings (SSSR count). The van der Waals surface area contributed by atoms with E-state index in [0.29, 0.717) is 18.0 Å². The average Bonchev–Trinajstić information content (AvgIpc) is 3.51. The van der Waals surface area contributed by atoms with Gasteiger partial charge in [0.25, 0.3) is 5.91 Å². The quantitative estimate of drug-likeness (QED) is 0.525. The lowest BCUT2D eigenvalue weighted by atomic mass is 10.0. The van der Waals surface area contributed by atoms with Crippen LogP contribution in [0.4, 0.5) is 10.2 Å². The highest BCUT2D eigenvalue weighted by Crippen LogP contribution is 2.33. The third kappa shape index (κ3) is 5.64. The second kappa shape index (κ2) is 10.6. The molecule has 2 amide bonds. The predicted octanol–water partition coefficient (Wildman–Crippen LogP) is 3.86. The van der Waals surface area contributed by atoms with Gasteiger partial charge in [0.1, 0.15) is 23.1 Å². The molecule has 0 saturated heterocycles. The number of pyridine rings is 1. The minimum Gasteiger partial charge on any atom is -0.493 e. The van der Waals surface area contributed by atoms with E-state index in [2.05, 4.69) is 20.5 Å². The molecule has 0 bridgehead atoms. The van der Waals surface area contributed by atoms with Gasteiger partial charge >= 0.3 is 0 Å². The van der Waals surface area contributed by atoms with Gasteiger partial charge in [-0.1, -0.05) is 6.42 Å². The molecular formula is C25H29FN6O3. The number of nitrogens with one attached hydrogen (secondary N) is 1. The Labute approximate surface area is 203 Å². The zero-order valence-corrected chi connectivity index (χ0v) is 20.0. The van der Waals surface area contributed by atoms with Crippen LogP contribution in [-0.4, -0.2) is 55.4 Å². The maximum Gasteiger partial charge on any atom is 0.275 e. The maximum atomic E-state index is 14.0. The summed E-state index contributed by atoms with van der Waals surface area (Å²) < 4.78 is 19.2. The third-order valence-electron chi connectivity index (χ3n) is 6.06. The molecule has 1 aliphatic carbocycles. The number of hydrogen-bond acceptors (Lipinski definition) is 6. The molecular weight excluding hydrogens is 451 g/mol. The van der Waals surface area contributed by atoms with Crippen molar-refractivity contribution in [1.82, 2.24) is 24.9 Å². The van der Waals surface area contributed by atoms with E-state index >= 15 is 0 Å². The topological polar surface area (TPSA) is 102 Å². The van der Waals surface area contributed by atoms with Crippen molar-refractivity contribution < 1.29 is 18.7 Å². The van der Waals surface area contributed by atoms with Gasteiger partial charge < -0.3 is 15.0 Å². The Balaban J connectivity index is 1.62. The second-order valence-electron chi connectivity index (χ2n) is 8.89. The number of halogens is 1. The number of rotatable bonds is 8. The van der Waals surface area contributed by atoms with Crippen LogP contribution in [0.3, 0.4) is 0 Å². The number of benzene rings is 1. The van der Waals surface area contributed by atoms with E-state index in [1.165, 1.54) is 36.2 Å². The Bertz CT molecular complexity index is 1170. The fourth-order valence-corrected chi connectivity index (χ4v) is 4.56. The van der Waals surface area contributed by atoms with E-state index in [0.717, 1.165) is 19.3 Å². The summed E-state index contributed by atoms with van der Waals surface area (Å²) in [7, 11) is 0. The van der Waals surface area contributed by atoms with Gasteiger partial charge in [-0.3, -0.25) is 9.59 Å². The Hall–Kier alpha value is -3.82. The van der Waals surface area contributed by atoms with Crippen molar-refractivity contribution in [2.45, 2.75) is 52.1 Å². The Kier molecular flexibility index (Phi) is 7.38. The van der Waals surface area contributed by atoms with E-state index in [1.807, 2.05) is 18.7 Å². The standard InChI is InChI=1S/C25H29FN6O3/c1-16(2)31(21-6-4-5-18(21)15-35-20-9-7-19(26)8-10-20)25(34)24-22(32-27-13-14-28-32)11-12-23(30-24)29-17(3)33/h7-14,16,18,21H,4-6,15H2,1-3H3,(H,29,30,33)/t18-,21+/m1/s1. The van der Waals surface area contributed by atoms with Gasteiger partial charge in [-0.05, 0) is 63.1 Å². The number of amides is 2. The van der Waals surface area contributed by atoms with Crippen LogP contribution in [0.5, 0.6) is 5.75 Å². The zero-order chi connectivity index (χ0) is 24.9. The number of hydrogen-bond donors (Lipinski definition) is 1. The van der Waals surface area contributed by atoms with E-state index in [1.54, 1.807) is 24.3 Å². The van der Waals surface area contributed by atoms with Gasteiger partial charge in [-0.15, -0.1) is 4.80 Å². The van der Waals surface area contributed by atoms with Gasteiger partial charge in [-0.25, -0.2) is 9.37 Å². The molecule has 0 spiro atoms. The zero-order valence-electron chi connectivity index (χ0n) is 20.0. The summed E-state index contributed by atoms with van der Waals surface area (Å²) in [6.07, 6.45) is 5.76. The van der Waals surface area contributed by atoms with Crippen molar-refractivity contribution in [3.05, 3.63) is 60.3 Å². The molecule has 2 aromatic heterocycles. The Morgan fingerprint density at radius 1 is 1.14 bits per heavy atom. The predicted molar refractivity (Wildman–Crippen MR) is 128 cm³/mol. The number of nitrogens with zero attached hydrogens (tertiary/aromatic N) is 5. The van der Waals surface area contributed by atoms with Crippen LogP contribution >= 0.6 is 0 Å². The first-order valence-corrected chi connectivity index (χ1v) is 11.7. The lowest BCUT2D eigenvalue weighted by Crippen LogP contribution is -2.48. The maximum absolute atomic E-state index is 14.0. The van der Waals surface area contributed by atoms with Crippen LogP contribution in [0.15, 0.2) is 48.8 Å². The van der Waals surface area contributed by atoms with Gasteiger partial charge in [0.2, 0.25) is 5.91 Å². The molecule has 0 unspecified atom stereocenters. The fourth-order valence-electron chi connectivity index (χ4n) is 4.56. The van der Waals surface area contributed by atoms with Crippen molar-refractivity contribution in [2.24, 2.45) is 5.92 Å². The Morgan fingerprint density at radius 3 is 2.51 bits per heavy atom. The summed E-state index contributed by atoms with van der Waals surface area (Å²) in [4.78, 5) is 33.3. The van der Waals surface area contributed by atoms with Crippen LogP contribution in [0, 0.1) is 11.7 Å². The van der Waals surface area contributed by atoms with Crippen molar-refractivity contribution in [3.8, 4) is 11.4 Å². The Morgan fingerprint density at radius 2 is 1.86 bits per heavy atom. The third-order valence-corrected chi connectivity index (χ3v) is 6.06. The molecule has 1 fully saturated rings. The van der Waals surface area contributed by atoms with Crippen LogP contribution in [0.2, 0.25) is 0 Å². The van der Waals surface area contributed by atoms with E-state index in [4.69, 9.17) is 4.74 Å². The number of carbonyl (C=O) groups excluding carboxylic acids is 2. The normalized spacial score (nSPS) is 17.4. The van der Waals surface area contributed by atoms with Crippen LogP contribution in [0.1, 0.15) is 50.5 Å². The first-order chi connectivity index (χ1) is 16.8. The molecule has 9 nitrogen and oxygen atoms in total. The molecule has 0 radical (unpaired) electrons. The van der Waals surface area contributed by atoms with Crippen LogP contribution < -0.4 is 10.1 Å². The van der Waals surface area contributed by atoms with Gasteiger partial charge in [-0.2, -0.15) is 10.2 Å². The lowest BCUT2D eigenvalue weighted by Gasteiger charge is -2.36. The minimum atomic E-state index is -0.316. The average molecular weight is 481 g/mol. The van der Waals surface area contributed by atoms with Gasteiger partial charge in [0, 0.05) is 24.9 Å². The highest BCUT2D eigenvalue weighted by atomic mass is 19.1. The van der Waals surface area contributed by atoms with Crippen molar-refractivity contribution >= 4 is 17.6 Å². The number of aromatic nitrogens is 4. The number of anilines is 1. The van der Waals surface area contributed by atoms with Crippen molar-refractivity contribution in [2.75, 3.05) is 11.9 Å². The first-order valence-electron chi connectivity index (χ1n) is 11.7. The second-order valence-corrected chi connectivity index (χ2v) is 8.89. The SMILES string of the molecule is CC(=O)Nc1ccc(-n2nccn2)c(C(=O)N(C(C)C)[C@H]2CCC[C@@H]2COc2ccc(F)cc2)n1. The number of carbonyl (C=O) groups is 2. The summed E-state index contributed by atoms with van der Waals surface area (Å²) >= 11 is 0. The summed E-state index contributed by atoms with van der Waals surface area (Å²) in [6, 6.07) is 9.06. The lowest BCUT2D eigenvalue weighted by molar-refractivity contribution is -0.114. The highest BCUT2D eigenvalue weighted by molar-refractivity contribution is 5.97. The van der Waals surface area contributed by atoms with Gasteiger partial charge in [0.05, 0.1) is 19.0 Å². The monoisotopic (exact) mass is 480 g/mol. The molecule has 1 saturated carbocycles. The first kappa shape index (κ1) is 24.3. The minimum absolute atomic E-state index is 0.0624. The van der Waals surface area contributed by atoms with Gasteiger partial charge in [0.15, 0.2) is 5.69 Å². The highest BCUT2D eigenvalue weighted by Gasteiger charge is 2.38. The molecule has 1 aromatic carbocycles. The van der Waals surface area contributed by atoms with Crippen molar-refractivity contribution in [3.63, 3.8) is 0 Å². The summed E-state index contributed by atoms with van der Waals surface area (Å²) in [5, 5.41) is 11.0. The molecule has 2 atom stereocenters. The fraction of sp³-hybridized carbons (Fsp3) is 0.400. The van der Waals surface area contributed by atoms with E-state index < -0.39 is 0 Å². The largest absolute Gasteiger partial charge is 0.493 e. The van der Waals surface area contributed by atoms with Crippen LogP contribution in [0.25, 0.3) is 5.69 Å². The summed E-state index contributed by atoms with van der Waals surface area (Å²) in [5.41, 5.74) is 0.586. The molecule has 35 heavy (non-hydrogen) atoms. The van der Waals surface area contributed by atoms with Crippen LogP contribution in [-0.2, 0) is 4.79 Å². The molecule has 184 valence electrons. The van der Waals surface area contributed by atoms with E-state index in [9.17, 15) is 14.0 Å². The molecule has 0 aliphatic heterocycles. The molecule has 2 heterocycles. The summed E-state index contributed by atoms with van der Waals surface area (Å²) in [6.45, 7) is 5.74. The molecule has 1 N–H and O–H groups in total. The smallest absolute Gasteiger partial charge is 0.275 e. The van der Waals surface area contributed by atoms with E-state index in [-0.39, 0.29) is 47.1 Å². The summed E-state index contributed by atoms with van der Waals surface area (Å²) in [5.74, 6) is 0.119. The molecule has 1 aliphatic rings. The number of ether oxygens (including phenoxy) is 1. The van der Waals surface area contributed by atoms with Crippen molar-refractivity contribution in [1.29, 1.82) is 0 Å². The molecule has 3 aromatic rings. The molecule has 10 heteroatoms.